The van der Waals surface area contributed by atoms with Crippen molar-refractivity contribution in [3.05, 3.63) is 18.2 Å². The number of alkyl halides is 3. The van der Waals surface area contributed by atoms with Crippen LogP contribution in [0.4, 0.5) is 24.5 Å². The Hall–Kier alpha value is -1.67. The smallest absolute Gasteiger partial charge is 0.391 e. The number of ether oxygens (including phenoxy) is 1. The average Bonchev–Trinajstić information content (AvgIpc) is 2.68. The van der Waals surface area contributed by atoms with E-state index in [-0.39, 0.29) is 32.1 Å². The van der Waals surface area contributed by atoms with Gasteiger partial charge in [0.1, 0.15) is 12.4 Å². The maximum Gasteiger partial charge on any atom is 0.391 e. The van der Waals surface area contributed by atoms with Gasteiger partial charge in [-0.2, -0.15) is 13.2 Å². The van der Waals surface area contributed by atoms with Crippen molar-refractivity contribution >= 4 is 11.4 Å². The number of benzene rings is 1. The number of hydrogen-bond donors (Lipinski definition) is 3. The molecule has 28 heavy (non-hydrogen) atoms. The molecule has 4 N–H and O–H groups in total. The van der Waals surface area contributed by atoms with Crippen LogP contribution in [0.5, 0.6) is 5.75 Å². The monoisotopic (exact) mass is 401 g/mol. The standard InChI is InChI=1S/C20H30F3N3O2/c21-20(22,23)14-7-9-26(10-8-14)18-6-5-17(13-19(18)28-12-11-27)25-16-3-1-15(24)2-4-16/h5-6,13-16,25,27H,1-4,7-12,24H2. The first-order valence-corrected chi connectivity index (χ1v) is 10.1. The van der Waals surface area contributed by atoms with E-state index in [4.69, 9.17) is 15.6 Å². The number of aliphatic hydroxyl groups is 1. The van der Waals surface area contributed by atoms with E-state index in [0.717, 1.165) is 37.1 Å². The van der Waals surface area contributed by atoms with Crippen molar-refractivity contribution in [3.8, 4) is 5.75 Å². The first-order chi connectivity index (χ1) is 13.4. The zero-order valence-electron chi connectivity index (χ0n) is 16.0. The molecule has 0 spiro atoms. The van der Waals surface area contributed by atoms with Crippen molar-refractivity contribution in [2.24, 2.45) is 11.7 Å². The van der Waals surface area contributed by atoms with Gasteiger partial charge in [0.2, 0.25) is 0 Å². The second-order valence-corrected chi connectivity index (χ2v) is 7.81. The van der Waals surface area contributed by atoms with Gasteiger partial charge in [0.25, 0.3) is 0 Å². The summed E-state index contributed by atoms with van der Waals surface area (Å²) in [7, 11) is 0. The molecule has 0 bridgehead atoms. The van der Waals surface area contributed by atoms with Gasteiger partial charge in [-0.15, -0.1) is 0 Å². The molecule has 1 saturated carbocycles. The van der Waals surface area contributed by atoms with Crippen LogP contribution in [0, 0.1) is 5.92 Å². The molecule has 1 heterocycles. The summed E-state index contributed by atoms with van der Waals surface area (Å²) in [5, 5.41) is 12.6. The lowest BCUT2D eigenvalue weighted by atomic mass is 9.91. The molecule has 158 valence electrons. The highest BCUT2D eigenvalue weighted by Gasteiger charge is 2.41. The van der Waals surface area contributed by atoms with Gasteiger partial charge in [0.15, 0.2) is 0 Å². The van der Waals surface area contributed by atoms with Crippen LogP contribution < -0.4 is 20.7 Å². The number of aliphatic hydroxyl groups excluding tert-OH is 1. The molecule has 8 heteroatoms. The molecule has 1 aliphatic carbocycles. The number of rotatable bonds is 6. The molecule has 2 fully saturated rings. The lowest BCUT2D eigenvalue weighted by Gasteiger charge is -2.35. The van der Waals surface area contributed by atoms with Crippen molar-refractivity contribution < 1.29 is 23.0 Å². The van der Waals surface area contributed by atoms with Crippen LogP contribution in [-0.2, 0) is 0 Å². The highest BCUT2D eigenvalue weighted by atomic mass is 19.4. The predicted octanol–water partition coefficient (Wildman–Crippen LogP) is 3.52. The van der Waals surface area contributed by atoms with Crippen LogP contribution in [0.3, 0.4) is 0 Å². The molecule has 1 saturated heterocycles. The third-order valence-electron chi connectivity index (χ3n) is 5.75. The van der Waals surface area contributed by atoms with Crippen molar-refractivity contribution in [2.75, 3.05) is 36.5 Å². The normalized spacial score (nSPS) is 24.2. The average molecular weight is 401 g/mol. The number of piperidine rings is 1. The minimum absolute atomic E-state index is 0.0886. The fraction of sp³-hybridized carbons (Fsp3) is 0.700. The Labute approximate surface area is 164 Å². The van der Waals surface area contributed by atoms with E-state index in [0.29, 0.717) is 24.9 Å². The van der Waals surface area contributed by atoms with Gasteiger partial charge >= 0.3 is 6.18 Å². The molecule has 1 aromatic carbocycles. The van der Waals surface area contributed by atoms with Gasteiger partial charge in [0.05, 0.1) is 18.2 Å². The minimum Gasteiger partial charge on any atom is -0.489 e. The van der Waals surface area contributed by atoms with Crippen molar-refractivity contribution in [1.82, 2.24) is 0 Å². The van der Waals surface area contributed by atoms with Crippen molar-refractivity contribution in [3.63, 3.8) is 0 Å². The van der Waals surface area contributed by atoms with Gasteiger partial charge in [-0.25, -0.2) is 0 Å². The van der Waals surface area contributed by atoms with Gasteiger partial charge in [-0.05, 0) is 50.7 Å². The molecule has 0 amide bonds. The molecule has 5 nitrogen and oxygen atoms in total. The van der Waals surface area contributed by atoms with E-state index in [1.165, 1.54) is 0 Å². The van der Waals surface area contributed by atoms with E-state index in [9.17, 15) is 13.2 Å². The zero-order chi connectivity index (χ0) is 20.1. The fourth-order valence-corrected chi connectivity index (χ4v) is 4.08. The Kier molecular flexibility index (Phi) is 6.93. The Bertz CT molecular complexity index is 626. The van der Waals surface area contributed by atoms with Crippen LogP contribution in [-0.4, -0.2) is 49.7 Å². The zero-order valence-corrected chi connectivity index (χ0v) is 16.0. The first-order valence-electron chi connectivity index (χ1n) is 10.1. The van der Waals surface area contributed by atoms with Gasteiger partial charge < -0.3 is 25.8 Å². The summed E-state index contributed by atoms with van der Waals surface area (Å²) < 4.78 is 44.5. The SMILES string of the molecule is NC1CCC(Nc2ccc(N3CCC(C(F)(F)F)CC3)c(OCCO)c2)CC1. The second kappa shape index (κ2) is 9.22. The van der Waals surface area contributed by atoms with E-state index in [2.05, 4.69) is 5.32 Å². The minimum atomic E-state index is -4.13. The molecular formula is C20H30F3N3O2. The molecule has 0 unspecified atom stereocenters. The first kappa shape index (κ1) is 21.0. The summed E-state index contributed by atoms with van der Waals surface area (Å²) in [5.74, 6) is -0.638. The molecule has 0 atom stereocenters. The number of nitrogens with zero attached hydrogens (tertiary/aromatic N) is 1. The van der Waals surface area contributed by atoms with E-state index in [1.807, 2.05) is 23.1 Å². The summed E-state index contributed by atoms with van der Waals surface area (Å²) in [6, 6.07) is 6.38. The van der Waals surface area contributed by atoms with Crippen molar-refractivity contribution in [1.29, 1.82) is 0 Å². The number of nitrogens with two attached hydrogens (primary N) is 1. The topological polar surface area (TPSA) is 70.8 Å². The van der Waals surface area contributed by atoms with E-state index in [1.54, 1.807) is 0 Å². The van der Waals surface area contributed by atoms with Crippen molar-refractivity contribution in [2.45, 2.75) is 56.8 Å². The number of halogens is 3. The number of hydrogen-bond acceptors (Lipinski definition) is 5. The van der Waals surface area contributed by atoms with Crippen LogP contribution in [0.1, 0.15) is 38.5 Å². The summed E-state index contributed by atoms with van der Waals surface area (Å²) >= 11 is 0. The largest absolute Gasteiger partial charge is 0.489 e. The van der Waals surface area contributed by atoms with Gasteiger partial charge in [0, 0.05) is 36.9 Å². The maximum atomic E-state index is 12.9. The predicted molar refractivity (Wildman–Crippen MR) is 104 cm³/mol. The highest BCUT2D eigenvalue weighted by Crippen LogP contribution is 2.39. The van der Waals surface area contributed by atoms with E-state index < -0.39 is 12.1 Å². The summed E-state index contributed by atoms with van der Waals surface area (Å²) in [6.07, 6.45) is 0.0755. The molecular weight excluding hydrogens is 371 g/mol. The lowest BCUT2D eigenvalue weighted by molar-refractivity contribution is -0.179. The fourth-order valence-electron chi connectivity index (χ4n) is 4.08. The van der Waals surface area contributed by atoms with Crippen LogP contribution >= 0.6 is 0 Å². The van der Waals surface area contributed by atoms with E-state index >= 15 is 0 Å². The Morgan fingerprint density at radius 1 is 1.11 bits per heavy atom. The van der Waals surface area contributed by atoms with Gasteiger partial charge in [-0.3, -0.25) is 0 Å². The quantitative estimate of drug-likeness (QED) is 0.680. The Morgan fingerprint density at radius 3 is 2.39 bits per heavy atom. The summed E-state index contributed by atoms with van der Waals surface area (Å²) in [6.45, 7) is 0.710. The molecule has 0 aromatic heterocycles. The molecule has 1 aromatic rings. The third-order valence-corrected chi connectivity index (χ3v) is 5.75. The van der Waals surface area contributed by atoms with Crippen LogP contribution in [0.15, 0.2) is 18.2 Å². The summed E-state index contributed by atoms with van der Waals surface area (Å²) in [4.78, 5) is 1.94. The van der Waals surface area contributed by atoms with Crippen LogP contribution in [0.25, 0.3) is 0 Å². The summed E-state index contributed by atoms with van der Waals surface area (Å²) in [5.41, 5.74) is 7.66. The van der Waals surface area contributed by atoms with Gasteiger partial charge in [-0.1, -0.05) is 0 Å². The maximum absolute atomic E-state index is 12.9. The highest BCUT2D eigenvalue weighted by molar-refractivity contribution is 5.65. The molecule has 2 aliphatic rings. The Balaban J connectivity index is 1.68. The Morgan fingerprint density at radius 2 is 1.79 bits per heavy atom. The third kappa shape index (κ3) is 5.44. The molecule has 0 radical (unpaired) electrons. The second-order valence-electron chi connectivity index (χ2n) is 7.81. The molecule has 1 aliphatic heterocycles. The number of nitrogens with one attached hydrogen (secondary N) is 1. The van der Waals surface area contributed by atoms with Crippen LogP contribution in [0.2, 0.25) is 0 Å². The lowest BCUT2D eigenvalue weighted by Crippen LogP contribution is -2.39. The molecule has 3 rings (SSSR count). The number of anilines is 2.